The molecule has 13 heteroatoms. The van der Waals surface area contributed by atoms with Crippen LogP contribution in [0.2, 0.25) is 0 Å². The van der Waals surface area contributed by atoms with Crippen LogP contribution >= 0.6 is 15.9 Å². The van der Waals surface area contributed by atoms with Gasteiger partial charge in [0.1, 0.15) is 22.9 Å². The van der Waals surface area contributed by atoms with Crippen LogP contribution in [0.25, 0.3) is 0 Å². The number of rotatable bonds is 4. The monoisotopic (exact) mass is 569 g/mol. The number of sulfone groups is 1. The van der Waals surface area contributed by atoms with E-state index in [1.165, 1.54) is 6.07 Å². The highest BCUT2D eigenvalue weighted by molar-refractivity contribution is 9.10. The summed E-state index contributed by atoms with van der Waals surface area (Å²) in [7, 11) is -5.85. The molecule has 0 radical (unpaired) electrons. The summed E-state index contributed by atoms with van der Waals surface area (Å²) in [5.41, 5.74) is -7.29. The number of aliphatic hydroxyl groups is 1. The van der Waals surface area contributed by atoms with Gasteiger partial charge in [-0.05, 0) is 45.0 Å². The summed E-state index contributed by atoms with van der Waals surface area (Å²) >= 11 is 3.09. The van der Waals surface area contributed by atoms with Gasteiger partial charge in [-0.25, -0.2) is 17.6 Å². The van der Waals surface area contributed by atoms with E-state index in [0.29, 0.717) is 10.5 Å². The summed E-state index contributed by atoms with van der Waals surface area (Å²) in [4.78, 5) is 11.2. The van der Waals surface area contributed by atoms with Gasteiger partial charge in [-0.1, -0.05) is 15.9 Å². The van der Waals surface area contributed by atoms with E-state index in [-0.39, 0.29) is 23.5 Å². The van der Waals surface area contributed by atoms with E-state index < -0.39 is 55.5 Å². The van der Waals surface area contributed by atoms with E-state index >= 15 is 0 Å². The number of halogens is 5. The second kappa shape index (κ2) is 9.00. The highest BCUT2D eigenvalue weighted by Crippen LogP contribution is 2.49. The van der Waals surface area contributed by atoms with E-state index in [9.17, 15) is 35.9 Å². The maximum absolute atomic E-state index is 13.8. The zero-order valence-electron chi connectivity index (χ0n) is 18.0. The number of aliphatic hydroxyl groups excluding tert-OH is 1. The maximum atomic E-state index is 13.8. The van der Waals surface area contributed by atoms with Crippen LogP contribution in [-0.4, -0.2) is 30.7 Å². The van der Waals surface area contributed by atoms with Crippen LogP contribution in [0.5, 0.6) is 11.5 Å². The summed E-state index contributed by atoms with van der Waals surface area (Å²) in [6.07, 6.45) is -2.96. The number of carbonyl (C=O) groups is 1. The number of benzene rings is 2. The minimum atomic E-state index is -5.85. The van der Waals surface area contributed by atoms with Crippen molar-refractivity contribution in [1.29, 1.82) is 0 Å². The lowest BCUT2D eigenvalue weighted by Gasteiger charge is -2.23. The zero-order chi connectivity index (χ0) is 25.6. The van der Waals surface area contributed by atoms with Crippen molar-refractivity contribution in [3.05, 3.63) is 51.7 Å². The Labute approximate surface area is 201 Å². The second-order valence-corrected chi connectivity index (χ2v) is 11.3. The molecule has 0 unspecified atom stereocenters. The minimum absolute atomic E-state index is 0.0575. The molecule has 34 heavy (non-hydrogen) atoms. The third-order valence-corrected chi connectivity index (χ3v) is 6.70. The fourth-order valence-corrected chi connectivity index (χ4v) is 4.98. The van der Waals surface area contributed by atoms with Gasteiger partial charge in [-0.3, -0.25) is 0 Å². The predicted octanol–water partition coefficient (Wildman–Crippen LogP) is 5.68. The van der Waals surface area contributed by atoms with Gasteiger partial charge in [0, 0.05) is 28.1 Å². The molecular formula is C21H20BrF4NO6S. The van der Waals surface area contributed by atoms with Crippen LogP contribution in [0, 0.1) is 5.82 Å². The van der Waals surface area contributed by atoms with Gasteiger partial charge >= 0.3 is 11.6 Å². The van der Waals surface area contributed by atoms with E-state index in [0.717, 1.165) is 18.2 Å². The molecule has 1 aliphatic carbocycles. The van der Waals surface area contributed by atoms with Crippen LogP contribution in [-0.2, 0) is 14.6 Å². The van der Waals surface area contributed by atoms with Gasteiger partial charge < -0.3 is 19.9 Å². The molecule has 2 N–H and O–H groups in total. The number of fused-ring (bicyclic) bond motifs is 1. The maximum Gasteiger partial charge on any atom is 0.501 e. The van der Waals surface area contributed by atoms with Gasteiger partial charge in [-0.2, -0.15) is 13.2 Å². The normalized spacial score (nSPS) is 18.4. The standard InChI is InChI=1S/C21H20BrF4NO6S/c1-20(2,3)33-19(29)27-13-9-14(28)18-16(34(30,31)21(24,25)26)5-4-15(17(13)18)32-12-7-10(22)6-11(23)8-12/h4-8,13-14,28H,9H2,1-3H3,(H,27,29)/t13-,14+/m1/s1. The molecule has 186 valence electrons. The summed E-state index contributed by atoms with van der Waals surface area (Å²) in [6, 6.07) is 3.97. The van der Waals surface area contributed by atoms with Crippen LogP contribution in [0.3, 0.4) is 0 Å². The molecule has 0 aromatic heterocycles. The lowest BCUT2D eigenvalue weighted by atomic mass is 10.1. The van der Waals surface area contributed by atoms with Crippen LogP contribution in [0.4, 0.5) is 22.4 Å². The van der Waals surface area contributed by atoms with Crippen molar-refractivity contribution in [1.82, 2.24) is 5.32 Å². The third kappa shape index (κ3) is 5.47. The summed E-state index contributed by atoms with van der Waals surface area (Å²) in [5, 5.41) is 13.0. The molecule has 2 aromatic carbocycles. The first-order chi connectivity index (χ1) is 15.5. The largest absolute Gasteiger partial charge is 0.501 e. The molecule has 7 nitrogen and oxygen atoms in total. The number of hydrogen-bond acceptors (Lipinski definition) is 6. The number of nitrogens with one attached hydrogen (secondary N) is 1. The fraction of sp³-hybridized carbons (Fsp3) is 0.381. The third-order valence-electron chi connectivity index (χ3n) is 4.70. The molecule has 0 saturated carbocycles. The van der Waals surface area contributed by atoms with Gasteiger partial charge in [0.15, 0.2) is 0 Å². The number of amides is 1. The smallest absolute Gasteiger partial charge is 0.457 e. The van der Waals surface area contributed by atoms with Gasteiger partial charge in [0.05, 0.1) is 17.0 Å². The summed E-state index contributed by atoms with van der Waals surface area (Å²) in [5.74, 6) is -0.912. The molecule has 1 aliphatic rings. The first-order valence-electron chi connectivity index (χ1n) is 9.79. The molecule has 3 rings (SSSR count). The van der Waals surface area contributed by atoms with Crippen molar-refractivity contribution in [2.24, 2.45) is 0 Å². The molecule has 0 heterocycles. The molecule has 0 bridgehead atoms. The molecule has 0 aliphatic heterocycles. The Kier molecular flexibility index (Phi) is 6.95. The van der Waals surface area contributed by atoms with Crippen molar-refractivity contribution in [2.45, 2.75) is 55.3 Å². The van der Waals surface area contributed by atoms with Crippen molar-refractivity contribution < 1.29 is 45.4 Å². The SMILES string of the molecule is CC(C)(C)OC(=O)N[C@@H]1C[C@H](O)c2c(S(=O)(=O)C(F)(F)F)ccc(Oc3cc(F)cc(Br)c3)c21. The molecule has 2 atom stereocenters. The molecule has 0 saturated heterocycles. The van der Waals surface area contributed by atoms with Gasteiger partial charge in [0.2, 0.25) is 0 Å². The molecule has 0 spiro atoms. The lowest BCUT2D eigenvalue weighted by Crippen LogP contribution is -2.34. The first-order valence-corrected chi connectivity index (χ1v) is 12.1. The number of alkyl halides is 3. The average molecular weight is 570 g/mol. The van der Waals surface area contributed by atoms with E-state index in [2.05, 4.69) is 21.2 Å². The van der Waals surface area contributed by atoms with Crippen molar-refractivity contribution in [3.63, 3.8) is 0 Å². The van der Waals surface area contributed by atoms with E-state index in [1.807, 2.05) is 0 Å². The van der Waals surface area contributed by atoms with Crippen LogP contribution in [0.15, 0.2) is 39.7 Å². The Balaban J connectivity index is 2.15. The highest BCUT2D eigenvalue weighted by Gasteiger charge is 2.50. The Morgan fingerprint density at radius 1 is 1.15 bits per heavy atom. The second-order valence-electron chi connectivity index (χ2n) is 8.50. The Hall–Kier alpha value is -2.38. The van der Waals surface area contributed by atoms with Gasteiger partial charge in [-0.15, -0.1) is 0 Å². The topological polar surface area (TPSA) is 102 Å². The van der Waals surface area contributed by atoms with Crippen LogP contribution < -0.4 is 10.1 Å². The highest BCUT2D eigenvalue weighted by atomic mass is 79.9. The number of ether oxygens (including phenoxy) is 2. The fourth-order valence-electron chi connectivity index (χ4n) is 3.50. The molecule has 1 amide bonds. The average Bonchev–Trinajstić information content (AvgIpc) is 2.95. The quantitative estimate of drug-likeness (QED) is 0.459. The van der Waals surface area contributed by atoms with Crippen molar-refractivity contribution in [3.8, 4) is 11.5 Å². The summed E-state index contributed by atoms with van der Waals surface area (Å²) in [6.45, 7) is 4.77. The Morgan fingerprint density at radius 3 is 2.35 bits per heavy atom. The Morgan fingerprint density at radius 2 is 1.79 bits per heavy atom. The van der Waals surface area contributed by atoms with Gasteiger partial charge in [0.25, 0.3) is 9.84 Å². The molecular weight excluding hydrogens is 550 g/mol. The first kappa shape index (κ1) is 26.2. The number of hydrogen-bond donors (Lipinski definition) is 2. The number of alkyl carbamates (subject to hydrolysis) is 1. The predicted molar refractivity (Wildman–Crippen MR) is 116 cm³/mol. The zero-order valence-corrected chi connectivity index (χ0v) is 20.4. The van der Waals surface area contributed by atoms with Crippen molar-refractivity contribution >= 4 is 31.9 Å². The van der Waals surface area contributed by atoms with E-state index in [1.54, 1.807) is 20.8 Å². The Bertz CT molecular complexity index is 1210. The number of carbonyl (C=O) groups excluding carboxylic acids is 1. The molecule has 2 aromatic rings. The van der Waals surface area contributed by atoms with Crippen molar-refractivity contribution in [2.75, 3.05) is 0 Å². The lowest BCUT2D eigenvalue weighted by molar-refractivity contribution is -0.0437. The summed E-state index contributed by atoms with van der Waals surface area (Å²) < 4.78 is 89.2. The van der Waals surface area contributed by atoms with Crippen LogP contribution in [0.1, 0.15) is 50.5 Å². The molecule has 0 fully saturated rings. The minimum Gasteiger partial charge on any atom is -0.457 e. The van der Waals surface area contributed by atoms with E-state index in [4.69, 9.17) is 9.47 Å².